The van der Waals surface area contributed by atoms with Gasteiger partial charge in [0, 0.05) is 16.5 Å². The maximum Gasteiger partial charge on any atom is 0.128 e. The highest BCUT2D eigenvalue weighted by Crippen LogP contribution is 2.44. The molecule has 2 nitrogen and oxygen atoms in total. The van der Waals surface area contributed by atoms with Crippen LogP contribution in [-0.4, -0.2) is 11.7 Å². The number of halogens is 1. The van der Waals surface area contributed by atoms with Crippen molar-refractivity contribution in [1.29, 1.82) is 0 Å². The van der Waals surface area contributed by atoms with Gasteiger partial charge in [-0.25, -0.2) is 0 Å². The lowest BCUT2D eigenvalue weighted by molar-refractivity contribution is 0.0599. The third-order valence-corrected chi connectivity index (χ3v) is 4.15. The molecule has 1 heterocycles. The van der Waals surface area contributed by atoms with Gasteiger partial charge in [0.15, 0.2) is 0 Å². The number of aliphatic hydroxyl groups is 1. The molecule has 1 aliphatic carbocycles. The third-order valence-electron chi connectivity index (χ3n) is 3.69. The maximum absolute atomic E-state index is 10.3. The zero-order valence-corrected chi connectivity index (χ0v) is 10.7. The lowest BCUT2D eigenvalue weighted by atomic mass is 9.78. The van der Waals surface area contributed by atoms with E-state index in [1.54, 1.807) is 0 Å². The van der Waals surface area contributed by atoms with Crippen LogP contribution in [0.2, 0.25) is 0 Å². The van der Waals surface area contributed by atoms with Crippen molar-refractivity contribution in [2.24, 2.45) is 5.92 Å². The minimum absolute atomic E-state index is 0.349. The van der Waals surface area contributed by atoms with Crippen molar-refractivity contribution >= 4 is 15.9 Å². The Kier molecular flexibility index (Phi) is 2.68. The van der Waals surface area contributed by atoms with Crippen LogP contribution in [-0.2, 0) is 6.42 Å². The fourth-order valence-corrected chi connectivity index (χ4v) is 3.05. The van der Waals surface area contributed by atoms with Crippen LogP contribution in [0.5, 0.6) is 5.75 Å². The Morgan fingerprint density at radius 1 is 1.38 bits per heavy atom. The molecule has 1 unspecified atom stereocenters. The van der Waals surface area contributed by atoms with Crippen LogP contribution in [0.1, 0.15) is 36.5 Å². The number of hydrogen-bond acceptors (Lipinski definition) is 2. The number of hydrogen-bond donors (Lipinski definition) is 1. The van der Waals surface area contributed by atoms with E-state index in [1.807, 2.05) is 6.07 Å². The van der Waals surface area contributed by atoms with Gasteiger partial charge in [0.2, 0.25) is 0 Å². The number of rotatable bonds is 2. The van der Waals surface area contributed by atoms with Crippen molar-refractivity contribution < 1.29 is 9.84 Å². The van der Waals surface area contributed by atoms with Gasteiger partial charge in [-0.3, -0.25) is 0 Å². The predicted octanol–water partition coefficient (Wildman–Crippen LogP) is 3.22. The molecule has 3 heteroatoms. The summed E-state index contributed by atoms with van der Waals surface area (Å²) in [5, 5.41) is 10.3. The number of benzene rings is 1. The molecule has 0 bridgehead atoms. The van der Waals surface area contributed by atoms with Crippen LogP contribution in [0, 0.1) is 5.92 Å². The molecular weight excluding hydrogens is 268 g/mol. The lowest BCUT2D eigenvalue weighted by Crippen LogP contribution is -2.20. The second-order valence-electron chi connectivity index (χ2n) is 4.72. The first-order valence-electron chi connectivity index (χ1n) is 5.89. The molecule has 0 saturated heterocycles. The molecule has 0 amide bonds. The van der Waals surface area contributed by atoms with E-state index >= 15 is 0 Å². The second-order valence-corrected chi connectivity index (χ2v) is 5.63. The van der Waals surface area contributed by atoms with Crippen LogP contribution in [0.25, 0.3) is 0 Å². The Hall–Kier alpha value is -0.540. The van der Waals surface area contributed by atoms with Gasteiger partial charge in [-0.2, -0.15) is 0 Å². The molecule has 1 aromatic carbocycles. The van der Waals surface area contributed by atoms with E-state index in [1.165, 1.54) is 12.0 Å². The van der Waals surface area contributed by atoms with Crippen molar-refractivity contribution in [3.05, 3.63) is 27.7 Å². The molecule has 1 N–H and O–H groups in total. The Morgan fingerprint density at radius 2 is 2.19 bits per heavy atom. The molecule has 1 aromatic rings. The quantitative estimate of drug-likeness (QED) is 0.903. The Labute approximate surface area is 104 Å². The molecular formula is C13H15BrO2. The zero-order chi connectivity index (χ0) is 11.1. The van der Waals surface area contributed by atoms with E-state index in [2.05, 4.69) is 22.0 Å². The first-order chi connectivity index (χ1) is 7.75. The summed E-state index contributed by atoms with van der Waals surface area (Å²) in [6.07, 6.45) is 4.14. The monoisotopic (exact) mass is 282 g/mol. The Morgan fingerprint density at radius 3 is 2.88 bits per heavy atom. The molecule has 1 aliphatic heterocycles. The molecule has 1 saturated carbocycles. The minimum atomic E-state index is -0.349. The van der Waals surface area contributed by atoms with Gasteiger partial charge in [-0.15, -0.1) is 0 Å². The summed E-state index contributed by atoms with van der Waals surface area (Å²) in [5.74, 6) is 1.37. The summed E-state index contributed by atoms with van der Waals surface area (Å²) in [6.45, 7) is 0.746. The molecule has 1 fully saturated rings. The summed E-state index contributed by atoms with van der Waals surface area (Å²) in [6, 6.07) is 4.10. The average Bonchev–Trinajstić information content (AvgIpc) is 2.60. The van der Waals surface area contributed by atoms with Gasteiger partial charge in [-0.1, -0.05) is 22.4 Å². The first-order valence-corrected chi connectivity index (χ1v) is 6.68. The van der Waals surface area contributed by atoms with Crippen LogP contribution >= 0.6 is 15.9 Å². The second kappa shape index (κ2) is 4.04. The van der Waals surface area contributed by atoms with E-state index in [9.17, 15) is 5.11 Å². The van der Waals surface area contributed by atoms with E-state index in [0.29, 0.717) is 5.92 Å². The topological polar surface area (TPSA) is 29.5 Å². The van der Waals surface area contributed by atoms with E-state index in [-0.39, 0.29) is 6.10 Å². The zero-order valence-electron chi connectivity index (χ0n) is 9.08. The highest BCUT2D eigenvalue weighted by atomic mass is 79.9. The first kappa shape index (κ1) is 10.6. The molecule has 3 rings (SSSR count). The van der Waals surface area contributed by atoms with Gasteiger partial charge in [-0.05, 0) is 36.5 Å². The van der Waals surface area contributed by atoms with E-state index in [4.69, 9.17) is 4.74 Å². The number of fused-ring (bicyclic) bond motifs is 1. The SMILES string of the molecule is OC(c1cc(Br)cc2c1OCC2)C1CCC1. The Bertz CT molecular complexity index is 413. The van der Waals surface area contributed by atoms with Crippen LogP contribution < -0.4 is 4.74 Å². The smallest absolute Gasteiger partial charge is 0.128 e. The molecule has 0 radical (unpaired) electrons. The van der Waals surface area contributed by atoms with Crippen molar-refractivity contribution in [3.8, 4) is 5.75 Å². The predicted molar refractivity (Wildman–Crippen MR) is 65.6 cm³/mol. The molecule has 2 aliphatic rings. The summed E-state index contributed by atoms with van der Waals surface area (Å²) < 4.78 is 6.69. The number of aliphatic hydroxyl groups excluding tert-OH is 1. The largest absolute Gasteiger partial charge is 0.493 e. The minimum Gasteiger partial charge on any atom is -0.493 e. The lowest BCUT2D eigenvalue weighted by Gasteiger charge is -2.31. The van der Waals surface area contributed by atoms with Crippen molar-refractivity contribution in [3.63, 3.8) is 0 Å². The van der Waals surface area contributed by atoms with E-state index in [0.717, 1.165) is 41.7 Å². The van der Waals surface area contributed by atoms with Crippen LogP contribution in [0.15, 0.2) is 16.6 Å². The van der Waals surface area contributed by atoms with Gasteiger partial charge >= 0.3 is 0 Å². The molecule has 0 spiro atoms. The van der Waals surface area contributed by atoms with E-state index < -0.39 is 0 Å². The summed E-state index contributed by atoms with van der Waals surface area (Å²) >= 11 is 3.51. The molecule has 0 aromatic heterocycles. The van der Waals surface area contributed by atoms with Gasteiger partial charge in [0.25, 0.3) is 0 Å². The fraction of sp³-hybridized carbons (Fsp3) is 0.538. The summed E-state index contributed by atoms with van der Waals surface area (Å²) in [4.78, 5) is 0. The Balaban J connectivity index is 1.99. The fourth-order valence-electron chi connectivity index (χ4n) is 2.53. The standard InChI is InChI=1S/C13H15BrO2/c14-10-6-9-4-5-16-13(9)11(7-10)12(15)8-2-1-3-8/h6-8,12,15H,1-5H2. The van der Waals surface area contributed by atoms with Crippen LogP contribution in [0.3, 0.4) is 0 Å². The molecule has 16 heavy (non-hydrogen) atoms. The van der Waals surface area contributed by atoms with Gasteiger partial charge in [0.05, 0.1) is 12.7 Å². The normalized spacial score (nSPS) is 21.1. The van der Waals surface area contributed by atoms with Crippen LogP contribution in [0.4, 0.5) is 0 Å². The number of ether oxygens (including phenoxy) is 1. The average molecular weight is 283 g/mol. The summed E-state index contributed by atoms with van der Waals surface area (Å²) in [7, 11) is 0. The molecule has 86 valence electrons. The van der Waals surface area contributed by atoms with Crippen molar-refractivity contribution in [1.82, 2.24) is 0 Å². The highest BCUT2D eigenvalue weighted by Gasteiger charge is 2.31. The highest BCUT2D eigenvalue weighted by molar-refractivity contribution is 9.10. The van der Waals surface area contributed by atoms with Gasteiger partial charge < -0.3 is 9.84 Å². The summed E-state index contributed by atoms with van der Waals surface area (Å²) in [5.41, 5.74) is 2.20. The maximum atomic E-state index is 10.3. The van der Waals surface area contributed by atoms with Crippen molar-refractivity contribution in [2.75, 3.05) is 6.61 Å². The third kappa shape index (κ3) is 1.66. The van der Waals surface area contributed by atoms with Gasteiger partial charge in [0.1, 0.15) is 5.75 Å². The van der Waals surface area contributed by atoms with Crippen molar-refractivity contribution in [2.45, 2.75) is 31.8 Å². The molecule has 1 atom stereocenters.